The molecule has 8 nitrogen and oxygen atoms in total. The average molecular weight is 669 g/mol. The molecule has 5 rings (SSSR count). The van der Waals surface area contributed by atoms with E-state index >= 15 is 0 Å². The summed E-state index contributed by atoms with van der Waals surface area (Å²) in [5, 5.41) is 4.74. The molecule has 230 valence electrons. The van der Waals surface area contributed by atoms with Gasteiger partial charge in [0.25, 0.3) is 0 Å². The molecule has 0 aliphatic carbocycles. The molecule has 0 saturated heterocycles. The fourth-order valence-corrected chi connectivity index (χ4v) is 6.43. The van der Waals surface area contributed by atoms with Crippen molar-refractivity contribution in [1.82, 2.24) is 14.8 Å². The van der Waals surface area contributed by atoms with Crippen molar-refractivity contribution >= 4 is 61.4 Å². The van der Waals surface area contributed by atoms with E-state index in [1.54, 1.807) is 12.1 Å². The van der Waals surface area contributed by atoms with Gasteiger partial charge in [0.1, 0.15) is 17.3 Å². The monoisotopic (exact) mass is 667 g/mol. The molecule has 15 heteroatoms. The van der Waals surface area contributed by atoms with Gasteiger partial charge in [0.15, 0.2) is 11.6 Å². The fraction of sp³-hybridized carbons (Fsp3) is 0.172. The van der Waals surface area contributed by atoms with Crippen molar-refractivity contribution in [3.05, 3.63) is 105 Å². The predicted octanol–water partition coefficient (Wildman–Crippen LogP) is 6.78. The summed E-state index contributed by atoms with van der Waals surface area (Å²) in [4.78, 5) is 16.2. The van der Waals surface area contributed by atoms with Crippen LogP contribution >= 0.6 is 23.2 Å². The number of H-pyrrole nitrogens is 1. The van der Waals surface area contributed by atoms with E-state index in [4.69, 9.17) is 28.9 Å². The topological polar surface area (TPSA) is 123 Å². The molecule has 0 aliphatic heterocycles. The number of halogens is 6. The molecule has 0 unspecified atom stereocenters. The molecule has 0 amide bonds. The summed E-state index contributed by atoms with van der Waals surface area (Å²) in [5.74, 6) is -3.97. The number of aryl methyl sites for hydroxylation is 2. The van der Waals surface area contributed by atoms with Gasteiger partial charge in [-0.2, -0.15) is 5.10 Å². The van der Waals surface area contributed by atoms with Gasteiger partial charge < -0.3 is 10.7 Å². The number of benzene rings is 3. The molecule has 2 heterocycles. The van der Waals surface area contributed by atoms with Crippen molar-refractivity contribution < 1.29 is 30.8 Å². The van der Waals surface area contributed by atoms with Gasteiger partial charge in [-0.25, -0.2) is 26.3 Å². The Morgan fingerprint density at radius 2 is 1.75 bits per heavy atom. The number of carbonyl (C=O) groups excluding carboxylic acids is 1. The first kappa shape index (κ1) is 31.4. The third-order valence-corrected chi connectivity index (χ3v) is 8.75. The number of nitrogens with zero attached hydrogens (tertiary/aromatic N) is 2. The largest absolute Gasteiger partial charge is 0.383 e. The zero-order valence-corrected chi connectivity index (χ0v) is 24.9. The predicted molar refractivity (Wildman–Crippen MR) is 161 cm³/mol. The second-order valence-electron chi connectivity index (χ2n) is 9.87. The van der Waals surface area contributed by atoms with Crippen molar-refractivity contribution in [2.75, 3.05) is 22.9 Å². The van der Waals surface area contributed by atoms with E-state index in [0.717, 1.165) is 12.1 Å². The number of aromatic amines is 1. The highest BCUT2D eigenvalue weighted by molar-refractivity contribution is 7.92. The highest BCUT2D eigenvalue weighted by Gasteiger charge is 2.23. The Morgan fingerprint density at radius 1 is 1.02 bits per heavy atom. The zero-order chi connectivity index (χ0) is 31.8. The Balaban J connectivity index is 1.39. The third-order valence-electron chi connectivity index (χ3n) is 6.82. The number of alkyl halides is 1. The first-order valence-electron chi connectivity index (χ1n) is 13.1. The molecule has 0 bridgehead atoms. The molecule has 2 aromatic heterocycles. The second-order valence-corrected chi connectivity index (χ2v) is 12.5. The Hall–Kier alpha value is -4.07. The second kappa shape index (κ2) is 12.5. The maximum Gasteiger partial charge on any atom is 0.232 e. The number of rotatable bonds is 11. The molecule has 0 saturated carbocycles. The number of sulfonamides is 1. The Morgan fingerprint density at radius 3 is 2.45 bits per heavy atom. The lowest BCUT2D eigenvalue weighted by molar-refractivity contribution is 0.103. The minimum absolute atomic E-state index is 0.0141. The van der Waals surface area contributed by atoms with Gasteiger partial charge in [-0.3, -0.25) is 13.9 Å². The van der Waals surface area contributed by atoms with Crippen molar-refractivity contribution in [2.45, 2.75) is 19.3 Å². The third kappa shape index (κ3) is 6.40. The molecular formula is C29H23Cl2F4N5O3S. The van der Waals surface area contributed by atoms with Crippen molar-refractivity contribution in [1.29, 1.82) is 0 Å². The van der Waals surface area contributed by atoms with Crippen molar-refractivity contribution in [3.63, 3.8) is 0 Å². The van der Waals surface area contributed by atoms with Crippen LogP contribution in [0.25, 0.3) is 16.6 Å². The smallest absolute Gasteiger partial charge is 0.232 e. The Bertz CT molecular complexity index is 1990. The van der Waals surface area contributed by atoms with E-state index in [1.165, 1.54) is 35.1 Å². The first-order valence-corrected chi connectivity index (χ1v) is 15.5. The standard InChI is InChI=1S/C29H23Cl2F4N5O3S/c30-19-9-15(5-6-16-3-1-4-21(33)26(16)35)10-20(31)27(19)40-29(36)18(14-37-40)28(41)25-12-17-11-22(34)24(13-23(17)38-25)39-44(42,43)8-2-7-32/h1,3-4,9-14,38-39H,2,5-8,36H2. The van der Waals surface area contributed by atoms with Crippen LogP contribution in [-0.2, 0) is 22.9 Å². The number of nitrogen functional groups attached to an aromatic ring is 1. The number of carbonyl (C=O) groups is 1. The molecule has 0 fully saturated rings. The Labute approximate surface area is 258 Å². The molecule has 0 spiro atoms. The Kier molecular flexibility index (Phi) is 8.91. The summed E-state index contributed by atoms with van der Waals surface area (Å²) in [6, 6.07) is 10.7. The van der Waals surface area contributed by atoms with Gasteiger partial charge in [-0.15, -0.1) is 0 Å². The van der Waals surface area contributed by atoms with Crippen LogP contribution in [-0.4, -0.2) is 41.4 Å². The quantitative estimate of drug-likeness (QED) is 0.106. The van der Waals surface area contributed by atoms with Crippen LogP contribution in [0.1, 0.15) is 33.6 Å². The van der Waals surface area contributed by atoms with Gasteiger partial charge in [0.05, 0.1) is 45.6 Å². The van der Waals surface area contributed by atoms with Crippen LogP contribution in [0.2, 0.25) is 10.0 Å². The number of fused-ring (bicyclic) bond motifs is 1. The maximum absolute atomic E-state index is 14.6. The highest BCUT2D eigenvalue weighted by atomic mass is 35.5. The van der Waals surface area contributed by atoms with Gasteiger partial charge in [-0.05, 0) is 66.8 Å². The van der Waals surface area contributed by atoms with Crippen molar-refractivity contribution in [2.24, 2.45) is 0 Å². The lowest BCUT2D eigenvalue weighted by atomic mass is 10.0. The number of aromatic nitrogens is 3. The van der Waals surface area contributed by atoms with Crippen molar-refractivity contribution in [3.8, 4) is 5.69 Å². The number of nitrogens with one attached hydrogen (secondary N) is 2. The molecule has 44 heavy (non-hydrogen) atoms. The van der Waals surface area contributed by atoms with Crippen LogP contribution in [0.3, 0.4) is 0 Å². The molecule has 0 atom stereocenters. The minimum Gasteiger partial charge on any atom is -0.383 e. The van der Waals surface area contributed by atoms with Crippen LogP contribution < -0.4 is 10.5 Å². The highest BCUT2D eigenvalue weighted by Crippen LogP contribution is 2.34. The summed E-state index contributed by atoms with van der Waals surface area (Å²) in [5.41, 5.74) is 7.19. The summed E-state index contributed by atoms with van der Waals surface area (Å²) in [6.07, 6.45) is 1.47. The van der Waals surface area contributed by atoms with Gasteiger partial charge >= 0.3 is 0 Å². The zero-order valence-electron chi connectivity index (χ0n) is 22.6. The fourth-order valence-electron chi connectivity index (χ4n) is 4.66. The van der Waals surface area contributed by atoms with E-state index in [1.807, 2.05) is 0 Å². The maximum atomic E-state index is 14.6. The van der Waals surface area contributed by atoms with E-state index in [-0.39, 0.29) is 67.8 Å². The van der Waals surface area contributed by atoms with Crippen LogP contribution in [0, 0.1) is 17.5 Å². The molecule has 3 aromatic carbocycles. The van der Waals surface area contributed by atoms with Gasteiger partial charge in [0, 0.05) is 10.9 Å². The SMILES string of the molecule is Nc1c(C(=O)c2cc3cc(F)c(NS(=O)(=O)CCCF)cc3[nH]2)cnn1-c1c(Cl)cc(CCc2cccc(F)c2F)cc1Cl. The molecule has 5 aromatic rings. The summed E-state index contributed by atoms with van der Waals surface area (Å²) in [7, 11) is -3.99. The number of hydrogen-bond acceptors (Lipinski definition) is 5. The summed E-state index contributed by atoms with van der Waals surface area (Å²) >= 11 is 13.0. The van der Waals surface area contributed by atoms with Gasteiger partial charge in [-0.1, -0.05) is 35.3 Å². The lowest BCUT2D eigenvalue weighted by Crippen LogP contribution is -2.17. The summed E-state index contributed by atoms with van der Waals surface area (Å²) in [6.45, 7) is -0.839. The van der Waals surface area contributed by atoms with Crippen LogP contribution in [0.15, 0.2) is 54.7 Å². The van der Waals surface area contributed by atoms with Gasteiger partial charge in [0.2, 0.25) is 15.8 Å². The van der Waals surface area contributed by atoms with Crippen LogP contribution in [0.4, 0.5) is 29.1 Å². The average Bonchev–Trinajstić information content (AvgIpc) is 3.55. The number of nitrogens with two attached hydrogens (primary N) is 1. The molecule has 4 N–H and O–H groups in total. The molecule has 0 radical (unpaired) electrons. The van der Waals surface area contributed by atoms with E-state index < -0.39 is 45.7 Å². The van der Waals surface area contributed by atoms with Crippen LogP contribution in [0.5, 0.6) is 0 Å². The van der Waals surface area contributed by atoms with E-state index in [2.05, 4.69) is 14.8 Å². The number of anilines is 2. The van der Waals surface area contributed by atoms with E-state index in [0.29, 0.717) is 12.0 Å². The molecule has 0 aliphatic rings. The minimum atomic E-state index is -3.99. The lowest BCUT2D eigenvalue weighted by Gasteiger charge is -2.12. The summed E-state index contributed by atoms with van der Waals surface area (Å²) < 4.78 is 82.1. The van der Waals surface area contributed by atoms with E-state index in [9.17, 15) is 30.8 Å². The molecular weight excluding hydrogens is 645 g/mol. The normalized spacial score (nSPS) is 11.8. The first-order chi connectivity index (χ1) is 20.9. The number of ketones is 1. The number of hydrogen-bond donors (Lipinski definition) is 3.